The standard InChI is InChI=1S/C16H23N3O2/c1-3-11(2)18-16(21)13-6-4-5-7-14(13)19-15(20)10-17-12-8-9-12/h4-7,11-12,17H,3,8-10H2,1-2H3,(H,18,21)(H,19,20). The van der Waals surface area contributed by atoms with Crippen LogP contribution in [-0.2, 0) is 4.79 Å². The molecule has 0 bridgehead atoms. The highest BCUT2D eigenvalue weighted by Gasteiger charge is 2.21. The third kappa shape index (κ3) is 4.86. The second-order valence-electron chi connectivity index (χ2n) is 5.53. The van der Waals surface area contributed by atoms with E-state index in [1.807, 2.05) is 19.9 Å². The van der Waals surface area contributed by atoms with E-state index in [-0.39, 0.29) is 24.4 Å². The summed E-state index contributed by atoms with van der Waals surface area (Å²) in [5.74, 6) is -0.277. The summed E-state index contributed by atoms with van der Waals surface area (Å²) in [5.41, 5.74) is 1.05. The predicted molar refractivity (Wildman–Crippen MR) is 83.3 cm³/mol. The third-order valence-corrected chi connectivity index (χ3v) is 3.56. The van der Waals surface area contributed by atoms with Crippen LogP contribution < -0.4 is 16.0 Å². The molecule has 0 heterocycles. The first-order chi connectivity index (χ1) is 10.1. The van der Waals surface area contributed by atoms with Gasteiger partial charge in [0, 0.05) is 12.1 Å². The molecule has 2 rings (SSSR count). The molecule has 3 N–H and O–H groups in total. The Morgan fingerprint density at radius 2 is 2.00 bits per heavy atom. The summed E-state index contributed by atoms with van der Waals surface area (Å²) in [6.45, 7) is 4.26. The summed E-state index contributed by atoms with van der Waals surface area (Å²) in [5, 5.41) is 8.87. The number of nitrogens with one attached hydrogen (secondary N) is 3. The molecule has 21 heavy (non-hydrogen) atoms. The number of anilines is 1. The van der Waals surface area contributed by atoms with Crippen molar-refractivity contribution in [1.29, 1.82) is 0 Å². The number of hydrogen-bond acceptors (Lipinski definition) is 3. The molecule has 114 valence electrons. The van der Waals surface area contributed by atoms with Gasteiger partial charge in [-0.1, -0.05) is 19.1 Å². The molecule has 2 amide bonds. The molecule has 0 aliphatic heterocycles. The maximum absolute atomic E-state index is 12.2. The normalized spacial score (nSPS) is 15.3. The van der Waals surface area contributed by atoms with Crippen molar-refractivity contribution in [2.45, 2.75) is 45.2 Å². The Morgan fingerprint density at radius 1 is 1.29 bits per heavy atom. The van der Waals surface area contributed by atoms with E-state index in [0.29, 0.717) is 17.3 Å². The molecule has 1 aromatic rings. The molecule has 0 saturated heterocycles. The zero-order valence-corrected chi connectivity index (χ0v) is 12.6. The van der Waals surface area contributed by atoms with E-state index in [4.69, 9.17) is 0 Å². The molecule has 1 unspecified atom stereocenters. The van der Waals surface area contributed by atoms with Gasteiger partial charge in [-0.05, 0) is 38.3 Å². The first-order valence-corrected chi connectivity index (χ1v) is 7.53. The summed E-state index contributed by atoms with van der Waals surface area (Å²) in [7, 11) is 0. The molecule has 0 aromatic heterocycles. The quantitative estimate of drug-likeness (QED) is 0.718. The molecule has 0 spiro atoms. The summed E-state index contributed by atoms with van der Waals surface area (Å²) < 4.78 is 0. The molecule has 1 aromatic carbocycles. The maximum Gasteiger partial charge on any atom is 0.253 e. The lowest BCUT2D eigenvalue weighted by Crippen LogP contribution is -2.33. The molecule has 5 heteroatoms. The Bertz CT molecular complexity index is 512. The van der Waals surface area contributed by atoms with Crippen LogP contribution in [0.1, 0.15) is 43.5 Å². The Kier molecular flexibility index (Phi) is 5.33. The Balaban J connectivity index is 1.98. The molecule has 1 fully saturated rings. The van der Waals surface area contributed by atoms with Gasteiger partial charge in [-0.15, -0.1) is 0 Å². The first-order valence-electron chi connectivity index (χ1n) is 7.53. The van der Waals surface area contributed by atoms with Crippen LogP contribution >= 0.6 is 0 Å². The Labute approximate surface area is 125 Å². The van der Waals surface area contributed by atoms with E-state index in [1.165, 1.54) is 0 Å². The Hall–Kier alpha value is -1.88. The van der Waals surface area contributed by atoms with Crippen molar-refractivity contribution in [1.82, 2.24) is 10.6 Å². The third-order valence-electron chi connectivity index (χ3n) is 3.56. The predicted octanol–water partition coefficient (Wildman–Crippen LogP) is 1.91. The lowest BCUT2D eigenvalue weighted by Gasteiger charge is -2.14. The van der Waals surface area contributed by atoms with Gasteiger partial charge >= 0.3 is 0 Å². The van der Waals surface area contributed by atoms with Crippen molar-refractivity contribution >= 4 is 17.5 Å². The molecule has 0 radical (unpaired) electrons. The van der Waals surface area contributed by atoms with Crippen LogP contribution in [0.2, 0.25) is 0 Å². The lowest BCUT2D eigenvalue weighted by molar-refractivity contribution is -0.115. The zero-order chi connectivity index (χ0) is 15.2. The number of hydrogen-bond donors (Lipinski definition) is 3. The first kappa shape index (κ1) is 15.5. The van der Waals surface area contributed by atoms with E-state index in [2.05, 4.69) is 16.0 Å². The second-order valence-corrected chi connectivity index (χ2v) is 5.53. The minimum atomic E-state index is -0.157. The molecule has 1 saturated carbocycles. The Morgan fingerprint density at radius 3 is 2.67 bits per heavy atom. The monoisotopic (exact) mass is 289 g/mol. The molecule has 1 atom stereocenters. The van der Waals surface area contributed by atoms with Crippen molar-refractivity contribution in [3.8, 4) is 0 Å². The minimum absolute atomic E-state index is 0.109. The van der Waals surface area contributed by atoms with Crippen molar-refractivity contribution in [2.75, 3.05) is 11.9 Å². The molecule has 1 aliphatic rings. The van der Waals surface area contributed by atoms with Crippen LogP contribution in [0, 0.1) is 0 Å². The van der Waals surface area contributed by atoms with Crippen molar-refractivity contribution < 1.29 is 9.59 Å². The molecular weight excluding hydrogens is 266 g/mol. The number of carbonyl (C=O) groups is 2. The van der Waals surface area contributed by atoms with Gasteiger partial charge in [-0.2, -0.15) is 0 Å². The van der Waals surface area contributed by atoms with E-state index in [9.17, 15) is 9.59 Å². The highest BCUT2D eigenvalue weighted by molar-refractivity contribution is 6.04. The largest absolute Gasteiger partial charge is 0.350 e. The van der Waals surface area contributed by atoms with Crippen LogP contribution in [0.5, 0.6) is 0 Å². The van der Waals surface area contributed by atoms with E-state index < -0.39 is 0 Å². The highest BCUT2D eigenvalue weighted by atomic mass is 16.2. The van der Waals surface area contributed by atoms with Gasteiger partial charge in [0.05, 0.1) is 17.8 Å². The van der Waals surface area contributed by atoms with Gasteiger partial charge in [-0.3, -0.25) is 9.59 Å². The van der Waals surface area contributed by atoms with Crippen LogP contribution in [0.4, 0.5) is 5.69 Å². The van der Waals surface area contributed by atoms with Gasteiger partial charge < -0.3 is 16.0 Å². The number of carbonyl (C=O) groups excluding carboxylic acids is 2. The van der Waals surface area contributed by atoms with Crippen LogP contribution in [0.25, 0.3) is 0 Å². The van der Waals surface area contributed by atoms with E-state index in [1.54, 1.807) is 18.2 Å². The number of rotatable bonds is 7. The van der Waals surface area contributed by atoms with Gasteiger partial charge in [0.1, 0.15) is 0 Å². The lowest BCUT2D eigenvalue weighted by atomic mass is 10.1. The maximum atomic E-state index is 12.2. The summed E-state index contributed by atoms with van der Waals surface area (Å²) in [6.07, 6.45) is 3.15. The fraction of sp³-hybridized carbons (Fsp3) is 0.500. The van der Waals surface area contributed by atoms with Crippen molar-refractivity contribution in [3.05, 3.63) is 29.8 Å². The van der Waals surface area contributed by atoms with Crippen LogP contribution in [0.15, 0.2) is 24.3 Å². The van der Waals surface area contributed by atoms with Crippen LogP contribution in [0.3, 0.4) is 0 Å². The second kappa shape index (κ2) is 7.22. The summed E-state index contributed by atoms with van der Waals surface area (Å²) in [6, 6.07) is 7.67. The van der Waals surface area contributed by atoms with E-state index >= 15 is 0 Å². The van der Waals surface area contributed by atoms with Gasteiger partial charge in [-0.25, -0.2) is 0 Å². The smallest absolute Gasteiger partial charge is 0.253 e. The van der Waals surface area contributed by atoms with E-state index in [0.717, 1.165) is 19.3 Å². The average Bonchev–Trinajstić information content (AvgIpc) is 3.29. The van der Waals surface area contributed by atoms with Gasteiger partial charge in [0.2, 0.25) is 5.91 Å². The van der Waals surface area contributed by atoms with Gasteiger partial charge in [0.25, 0.3) is 5.91 Å². The fourth-order valence-electron chi connectivity index (χ4n) is 1.91. The number of para-hydroxylation sites is 1. The van der Waals surface area contributed by atoms with Crippen molar-refractivity contribution in [2.24, 2.45) is 0 Å². The van der Waals surface area contributed by atoms with Crippen molar-refractivity contribution in [3.63, 3.8) is 0 Å². The number of amides is 2. The van der Waals surface area contributed by atoms with Gasteiger partial charge in [0.15, 0.2) is 0 Å². The molecule has 1 aliphatic carbocycles. The molecular formula is C16H23N3O2. The van der Waals surface area contributed by atoms with Crippen LogP contribution in [-0.4, -0.2) is 30.4 Å². The SMILES string of the molecule is CCC(C)NC(=O)c1ccccc1NC(=O)CNC1CC1. The zero-order valence-electron chi connectivity index (χ0n) is 12.6. The highest BCUT2D eigenvalue weighted by Crippen LogP contribution is 2.18. The minimum Gasteiger partial charge on any atom is -0.350 e. The number of benzene rings is 1. The summed E-state index contributed by atoms with van der Waals surface area (Å²) >= 11 is 0. The molecule has 5 nitrogen and oxygen atoms in total. The average molecular weight is 289 g/mol. The topological polar surface area (TPSA) is 70.2 Å². The summed E-state index contributed by atoms with van der Waals surface area (Å²) in [4.78, 5) is 24.1. The fourth-order valence-corrected chi connectivity index (χ4v) is 1.91.